The van der Waals surface area contributed by atoms with Crippen molar-refractivity contribution in [3.63, 3.8) is 0 Å². The Morgan fingerprint density at radius 2 is 1.12 bits per heavy atom. The van der Waals surface area contributed by atoms with Crippen molar-refractivity contribution in [3.8, 4) is 22.3 Å². The van der Waals surface area contributed by atoms with Crippen molar-refractivity contribution in [1.29, 1.82) is 0 Å². The van der Waals surface area contributed by atoms with E-state index in [1.807, 2.05) is 11.3 Å². The molecular weight excluding hydrogens is 611 g/mol. The van der Waals surface area contributed by atoms with E-state index in [1.54, 1.807) is 0 Å². The lowest BCUT2D eigenvalue weighted by Gasteiger charge is -2.30. The SMILES string of the molecule is CC1(C)c2ccccc2-c2c(N(c3ccc(-c4ccccc4)cc3)c3cccc4c3ccc3ccc5c6ccccc6sc5c34)cccc21. The van der Waals surface area contributed by atoms with Crippen LogP contribution in [0.3, 0.4) is 0 Å². The number of thiophene rings is 1. The molecule has 2 heteroatoms. The van der Waals surface area contributed by atoms with Crippen LogP contribution >= 0.6 is 11.3 Å². The van der Waals surface area contributed by atoms with Gasteiger partial charge in [-0.05, 0) is 68.9 Å². The standard InChI is InChI=1S/C47H33NS/c1-47(2)39-17-8-6-15-38(39)45-40(47)18-11-20-42(45)48(33-26-22-31(23-27-33)30-12-4-3-5-13-30)41-19-10-16-36-34(41)28-24-32-25-29-37-35-14-7-9-21-43(35)49-46(37)44(32)36/h3-29H,1-2H3. The Bertz CT molecular complexity index is 2730. The molecule has 0 spiro atoms. The van der Waals surface area contributed by atoms with Crippen LogP contribution in [-0.4, -0.2) is 0 Å². The smallest absolute Gasteiger partial charge is 0.0543 e. The van der Waals surface area contributed by atoms with Gasteiger partial charge < -0.3 is 4.90 Å². The number of rotatable bonds is 4. The van der Waals surface area contributed by atoms with Crippen molar-refractivity contribution in [2.75, 3.05) is 4.90 Å². The normalized spacial score (nSPS) is 13.3. The molecule has 10 rings (SSSR count). The first-order chi connectivity index (χ1) is 24.1. The quantitative estimate of drug-likeness (QED) is 0.173. The van der Waals surface area contributed by atoms with Gasteiger partial charge in [0.1, 0.15) is 0 Å². The lowest BCUT2D eigenvalue weighted by atomic mass is 9.82. The van der Waals surface area contributed by atoms with Gasteiger partial charge in [0.15, 0.2) is 0 Å². The average Bonchev–Trinajstić information content (AvgIpc) is 3.65. The summed E-state index contributed by atoms with van der Waals surface area (Å²) >= 11 is 1.91. The second kappa shape index (κ2) is 10.7. The molecule has 9 aromatic rings. The van der Waals surface area contributed by atoms with E-state index >= 15 is 0 Å². The molecule has 0 bridgehead atoms. The molecule has 0 radical (unpaired) electrons. The molecule has 1 aromatic heterocycles. The Kier molecular flexibility index (Phi) is 6.16. The lowest BCUT2D eigenvalue weighted by molar-refractivity contribution is 0.660. The van der Waals surface area contributed by atoms with E-state index in [0.29, 0.717) is 0 Å². The average molecular weight is 644 g/mol. The highest BCUT2D eigenvalue weighted by Crippen LogP contribution is 2.55. The first-order valence-corrected chi connectivity index (χ1v) is 17.8. The highest BCUT2D eigenvalue weighted by molar-refractivity contribution is 7.26. The Labute approximate surface area is 290 Å². The first kappa shape index (κ1) is 28.3. The summed E-state index contributed by atoms with van der Waals surface area (Å²) in [5.74, 6) is 0. The van der Waals surface area contributed by atoms with Crippen molar-refractivity contribution in [1.82, 2.24) is 0 Å². The van der Waals surface area contributed by atoms with Gasteiger partial charge in [0.05, 0.1) is 11.4 Å². The molecule has 49 heavy (non-hydrogen) atoms. The Morgan fingerprint density at radius 1 is 0.469 bits per heavy atom. The van der Waals surface area contributed by atoms with Crippen LogP contribution in [0.15, 0.2) is 164 Å². The minimum absolute atomic E-state index is 0.0908. The predicted octanol–water partition coefficient (Wildman–Crippen LogP) is 13.8. The summed E-state index contributed by atoms with van der Waals surface area (Å²) in [6.07, 6.45) is 0. The number of benzene rings is 8. The summed E-state index contributed by atoms with van der Waals surface area (Å²) in [7, 11) is 0. The molecule has 0 unspecified atom stereocenters. The van der Waals surface area contributed by atoms with Gasteiger partial charge in [-0.3, -0.25) is 0 Å². The van der Waals surface area contributed by atoms with Gasteiger partial charge in [-0.2, -0.15) is 0 Å². The van der Waals surface area contributed by atoms with Gasteiger partial charge in [-0.25, -0.2) is 0 Å². The number of hydrogen-bond acceptors (Lipinski definition) is 2. The van der Waals surface area contributed by atoms with Gasteiger partial charge in [0.25, 0.3) is 0 Å². The van der Waals surface area contributed by atoms with E-state index in [-0.39, 0.29) is 5.41 Å². The summed E-state index contributed by atoms with van der Waals surface area (Å²) in [4.78, 5) is 2.50. The molecule has 1 aliphatic rings. The molecule has 8 aromatic carbocycles. The second-order valence-electron chi connectivity index (χ2n) is 13.7. The third-order valence-corrected chi connectivity index (χ3v) is 11.9. The van der Waals surface area contributed by atoms with E-state index in [9.17, 15) is 0 Å². The topological polar surface area (TPSA) is 3.24 Å². The van der Waals surface area contributed by atoms with Gasteiger partial charge in [0.2, 0.25) is 0 Å². The molecule has 232 valence electrons. The van der Waals surface area contributed by atoms with Gasteiger partial charge >= 0.3 is 0 Å². The molecule has 1 nitrogen and oxygen atoms in total. The highest BCUT2D eigenvalue weighted by atomic mass is 32.1. The van der Waals surface area contributed by atoms with Crippen LogP contribution in [0, 0.1) is 0 Å². The Morgan fingerprint density at radius 3 is 1.98 bits per heavy atom. The number of anilines is 3. The minimum atomic E-state index is -0.0908. The van der Waals surface area contributed by atoms with E-state index in [2.05, 4.69) is 183 Å². The zero-order valence-electron chi connectivity index (χ0n) is 27.4. The summed E-state index contributed by atoms with van der Waals surface area (Å²) in [6.45, 7) is 4.72. The summed E-state index contributed by atoms with van der Waals surface area (Å²) in [5.41, 5.74) is 11.3. The molecule has 0 N–H and O–H groups in total. The molecule has 1 aliphatic carbocycles. The maximum Gasteiger partial charge on any atom is 0.0543 e. The largest absolute Gasteiger partial charge is 0.309 e. The number of hydrogen-bond donors (Lipinski definition) is 0. The zero-order valence-corrected chi connectivity index (χ0v) is 28.3. The Hall–Kier alpha value is -5.70. The van der Waals surface area contributed by atoms with Crippen molar-refractivity contribution in [3.05, 3.63) is 175 Å². The first-order valence-electron chi connectivity index (χ1n) is 17.0. The second-order valence-corrected chi connectivity index (χ2v) is 14.7. The van der Waals surface area contributed by atoms with E-state index in [4.69, 9.17) is 0 Å². The molecule has 1 heterocycles. The van der Waals surface area contributed by atoms with Gasteiger partial charge in [0, 0.05) is 47.6 Å². The Balaban J connectivity index is 1.27. The monoisotopic (exact) mass is 643 g/mol. The molecule has 0 amide bonds. The molecule has 0 aliphatic heterocycles. The maximum atomic E-state index is 2.50. The predicted molar refractivity (Wildman–Crippen MR) is 212 cm³/mol. The fourth-order valence-corrected chi connectivity index (χ4v) is 9.57. The minimum Gasteiger partial charge on any atom is -0.309 e. The number of nitrogens with zero attached hydrogens (tertiary/aromatic N) is 1. The van der Waals surface area contributed by atoms with Crippen LogP contribution < -0.4 is 4.90 Å². The van der Waals surface area contributed by atoms with Crippen LogP contribution in [-0.2, 0) is 5.41 Å². The van der Waals surface area contributed by atoms with Gasteiger partial charge in [-0.15, -0.1) is 11.3 Å². The molecule has 0 saturated carbocycles. The van der Waals surface area contributed by atoms with Crippen LogP contribution in [0.25, 0.3) is 64.0 Å². The summed E-state index contributed by atoms with van der Waals surface area (Å²) in [6, 6.07) is 60.5. The van der Waals surface area contributed by atoms with E-state index in [1.165, 1.54) is 86.5 Å². The fraction of sp³-hybridized carbons (Fsp3) is 0.0638. The third kappa shape index (κ3) is 4.17. The molecule has 0 fully saturated rings. The molecular formula is C47H33NS. The fourth-order valence-electron chi connectivity index (χ4n) is 8.30. The summed E-state index contributed by atoms with van der Waals surface area (Å²) in [5, 5.41) is 7.81. The van der Waals surface area contributed by atoms with E-state index in [0.717, 1.165) is 5.69 Å². The van der Waals surface area contributed by atoms with Crippen molar-refractivity contribution in [2.24, 2.45) is 0 Å². The third-order valence-electron chi connectivity index (χ3n) is 10.7. The van der Waals surface area contributed by atoms with Gasteiger partial charge in [-0.1, -0.05) is 147 Å². The van der Waals surface area contributed by atoms with Crippen molar-refractivity contribution >= 4 is 70.1 Å². The van der Waals surface area contributed by atoms with Crippen LogP contribution in [0.2, 0.25) is 0 Å². The molecule has 0 saturated heterocycles. The lowest BCUT2D eigenvalue weighted by Crippen LogP contribution is -2.16. The van der Waals surface area contributed by atoms with Crippen molar-refractivity contribution in [2.45, 2.75) is 19.3 Å². The molecule has 0 atom stereocenters. The number of fused-ring (bicyclic) bond motifs is 10. The van der Waals surface area contributed by atoms with Crippen molar-refractivity contribution < 1.29 is 0 Å². The maximum absolute atomic E-state index is 2.50. The van der Waals surface area contributed by atoms with Crippen LogP contribution in [0.5, 0.6) is 0 Å². The zero-order chi connectivity index (χ0) is 32.7. The van der Waals surface area contributed by atoms with Crippen LogP contribution in [0.4, 0.5) is 17.1 Å². The highest BCUT2D eigenvalue weighted by Gasteiger charge is 2.37. The van der Waals surface area contributed by atoms with Crippen LogP contribution in [0.1, 0.15) is 25.0 Å². The summed E-state index contributed by atoms with van der Waals surface area (Å²) < 4.78 is 2.69. The van der Waals surface area contributed by atoms with E-state index < -0.39 is 0 Å².